The molecule has 1 amide bonds. The van der Waals surface area contributed by atoms with Crippen LogP contribution in [0.2, 0.25) is 0 Å². The Morgan fingerprint density at radius 3 is 2.50 bits per heavy atom. The van der Waals surface area contributed by atoms with Crippen LogP contribution in [0.1, 0.15) is 16.8 Å². The van der Waals surface area contributed by atoms with E-state index in [4.69, 9.17) is 4.74 Å². The molecule has 0 bridgehead atoms. The van der Waals surface area contributed by atoms with Crippen molar-refractivity contribution in [3.63, 3.8) is 0 Å². The molecule has 0 saturated carbocycles. The number of amides is 1. The number of hydrogen-bond acceptors (Lipinski definition) is 5. The topological polar surface area (TPSA) is 45.7 Å². The van der Waals surface area contributed by atoms with Crippen molar-refractivity contribution in [1.82, 2.24) is 9.88 Å². The number of rotatable bonds is 6. The van der Waals surface area contributed by atoms with E-state index in [0.717, 1.165) is 48.7 Å². The minimum atomic E-state index is -0.999. The van der Waals surface area contributed by atoms with Gasteiger partial charge in [-0.15, -0.1) is 12.4 Å². The molecule has 0 spiro atoms. The van der Waals surface area contributed by atoms with Crippen LogP contribution in [-0.2, 0) is 4.74 Å². The number of aromatic nitrogens is 1. The summed E-state index contributed by atoms with van der Waals surface area (Å²) in [5.41, 5.74) is -0.384. The van der Waals surface area contributed by atoms with Crippen LogP contribution in [0.4, 0.5) is 22.7 Å². The lowest BCUT2D eigenvalue weighted by Crippen LogP contribution is -2.39. The fourth-order valence-corrected chi connectivity index (χ4v) is 4.46. The molecule has 0 atom stereocenters. The number of carbonyl (C=O) groups excluding carboxylic acids is 1. The van der Waals surface area contributed by atoms with Crippen LogP contribution in [0.3, 0.4) is 0 Å². The zero-order valence-corrected chi connectivity index (χ0v) is 18.5. The Labute approximate surface area is 192 Å². The van der Waals surface area contributed by atoms with Gasteiger partial charge in [0, 0.05) is 38.3 Å². The number of carbonyl (C=O) groups is 1. The van der Waals surface area contributed by atoms with Gasteiger partial charge in [0.15, 0.2) is 10.9 Å². The van der Waals surface area contributed by atoms with E-state index in [2.05, 4.69) is 9.88 Å². The first-order valence-electron chi connectivity index (χ1n) is 9.75. The molecular formula is C21H20ClF4N3O2S. The maximum atomic E-state index is 14.3. The van der Waals surface area contributed by atoms with Crippen molar-refractivity contribution < 1.29 is 27.1 Å². The molecule has 11 heteroatoms. The average molecular weight is 490 g/mol. The van der Waals surface area contributed by atoms with E-state index in [-0.39, 0.29) is 39.9 Å². The van der Waals surface area contributed by atoms with Gasteiger partial charge in [-0.05, 0) is 24.6 Å². The van der Waals surface area contributed by atoms with Crippen LogP contribution in [0.25, 0.3) is 10.2 Å². The van der Waals surface area contributed by atoms with Gasteiger partial charge in [0.25, 0.3) is 5.91 Å². The van der Waals surface area contributed by atoms with Crippen molar-refractivity contribution in [1.29, 1.82) is 0 Å². The SMILES string of the molecule is Cl.O=C(c1ccc(F)cc1F)N(CCCN1CCOCC1)c1nc2c(F)cc(F)cc2s1. The fraction of sp³-hybridized carbons (Fsp3) is 0.333. The van der Waals surface area contributed by atoms with Gasteiger partial charge in [-0.3, -0.25) is 14.6 Å². The quantitative estimate of drug-likeness (QED) is 0.473. The van der Waals surface area contributed by atoms with Crippen LogP contribution in [0, 0.1) is 23.3 Å². The van der Waals surface area contributed by atoms with Gasteiger partial charge < -0.3 is 4.74 Å². The molecule has 1 fully saturated rings. The third kappa shape index (κ3) is 5.37. The van der Waals surface area contributed by atoms with Crippen LogP contribution in [-0.4, -0.2) is 55.2 Å². The Bertz CT molecular complexity index is 1110. The van der Waals surface area contributed by atoms with E-state index < -0.39 is 29.2 Å². The number of nitrogens with zero attached hydrogens (tertiary/aromatic N) is 3. The van der Waals surface area contributed by atoms with Gasteiger partial charge in [0.05, 0.1) is 23.5 Å². The predicted molar refractivity (Wildman–Crippen MR) is 117 cm³/mol. The molecule has 1 aromatic heterocycles. The Balaban J connectivity index is 0.00000289. The number of thiazole rings is 1. The summed E-state index contributed by atoms with van der Waals surface area (Å²) in [6.45, 7) is 3.65. The summed E-state index contributed by atoms with van der Waals surface area (Å²) in [4.78, 5) is 20.7. The normalized spacial score (nSPS) is 14.4. The molecule has 5 nitrogen and oxygen atoms in total. The second-order valence-corrected chi connectivity index (χ2v) is 8.13. The monoisotopic (exact) mass is 489 g/mol. The molecule has 0 radical (unpaired) electrons. The molecule has 1 aliphatic rings. The number of benzene rings is 2. The van der Waals surface area contributed by atoms with Gasteiger partial charge >= 0.3 is 0 Å². The van der Waals surface area contributed by atoms with Gasteiger partial charge in [-0.2, -0.15) is 0 Å². The maximum absolute atomic E-state index is 14.3. The third-order valence-electron chi connectivity index (χ3n) is 5.00. The number of halogens is 5. The van der Waals surface area contributed by atoms with Crippen molar-refractivity contribution in [3.05, 3.63) is 59.2 Å². The second kappa shape index (κ2) is 10.6. The molecule has 32 heavy (non-hydrogen) atoms. The summed E-state index contributed by atoms with van der Waals surface area (Å²) in [5.74, 6) is -4.12. The van der Waals surface area contributed by atoms with Crippen molar-refractivity contribution in [2.45, 2.75) is 6.42 Å². The number of anilines is 1. The van der Waals surface area contributed by atoms with Crippen molar-refractivity contribution in [3.8, 4) is 0 Å². The zero-order valence-electron chi connectivity index (χ0n) is 16.8. The van der Waals surface area contributed by atoms with Gasteiger partial charge in [-0.1, -0.05) is 11.3 Å². The van der Waals surface area contributed by atoms with E-state index in [1.807, 2.05) is 0 Å². The number of hydrogen-bond donors (Lipinski definition) is 0. The highest BCUT2D eigenvalue weighted by Gasteiger charge is 2.25. The molecule has 0 aliphatic carbocycles. The molecule has 2 heterocycles. The molecule has 1 aliphatic heterocycles. The van der Waals surface area contributed by atoms with Gasteiger partial charge in [0.1, 0.15) is 23.0 Å². The third-order valence-corrected chi connectivity index (χ3v) is 6.02. The van der Waals surface area contributed by atoms with Crippen LogP contribution < -0.4 is 4.90 Å². The molecule has 0 N–H and O–H groups in total. The zero-order chi connectivity index (χ0) is 22.0. The summed E-state index contributed by atoms with van der Waals surface area (Å²) in [6.07, 6.45) is 0.543. The Morgan fingerprint density at radius 1 is 1.06 bits per heavy atom. The second-order valence-electron chi connectivity index (χ2n) is 7.12. The molecule has 4 rings (SSSR count). The van der Waals surface area contributed by atoms with E-state index in [1.54, 1.807) is 0 Å². The van der Waals surface area contributed by atoms with Crippen molar-refractivity contribution in [2.24, 2.45) is 0 Å². The highest BCUT2D eigenvalue weighted by atomic mass is 35.5. The first kappa shape index (κ1) is 24.4. The standard InChI is InChI=1S/C21H19F4N3O2S.ClH/c22-13-2-3-15(16(24)10-13)20(29)28(5-1-4-27-6-8-30-9-7-27)21-26-19-17(25)11-14(23)12-18(19)31-21;/h2-3,10-12H,1,4-9H2;1H. The minimum absolute atomic E-state index is 0. The van der Waals surface area contributed by atoms with Crippen LogP contribution in [0.15, 0.2) is 30.3 Å². The van der Waals surface area contributed by atoms with Crippen molar-refractivity contribution >= 4 is 45.0 Å². The fourth-order valence-electron chi connectivity index (χ4n) is 3.43. The Kier molecular flexibility index (Phi) is 8.05. The summed E-state index contributed by atoms with van der Waals surface area (Å²) in [7, 11) is 0. The molecule has 1 saturated heterocycles. The van der Waals surface area contributed by atoms with Gasteiger partial charge in [0.2, 0.25) is 0 Å². The van der Waals surface area contributed by atoms with E-state index in [0.29, 0.717) is 32.2 Å². The average Bonchev–Trinajstić information content (AvgIpc) is 3.15. The lowest BCUT2D eigenvalue weighted by molar-refractivity contribution is 0.0376. The smallest absolute Gasteiger partial charge is 0.263 e. The van der Waals surface area contributed by atoms with E-state index >= 15 is 0 Å². The first-order chi connectivity index (χ1) is 14.9. The largest absolute Gasteiger partial charge is 0.379 e. The Hall–Kier alpha value is -2.27. The summed E-state index contributed by atoms with van der Waals surface area (Å²) < 4.78 is 60.8. The first-order valence-corrected chi connectivity index (χ1v) is 10.6. The summed E-state index contributed by atoms with van der Waals surface area (Å²) in [5, 5.41) is 0.121. The van der Waals surface area contributed by atoms with Crippen LogP contribution in [0.5, 0.6) is 0 Å². The number of ether oxygens (including phenoxy) is 1. The highest BCUT2D eigenvalue weighted by Crippen LogP contribution is 2.32. The van der Waals surface area contributed by atoms with Crippen molar-refractivity contribution in [2.75, 3.05) is 44.3 Å². The lowest BCUT2D eigenvalue weighted by Gasteiger charge is -2.27. The minimum Gasteiger partial charge on any atom is -0.379 e. The van der Waals surface area contributed by atoms with E-state index in [9.17, 15) is 22.4 Å². The Morgan fingerprint density at radius 2 is 1.78 bits per heavy atom. The summed E-state index contributed by atoms with van der Waals surface area (Å²) in [6, 6.07) is 4.54. The lowest BCUT2D eigenvalue weighted by atomic mass is 10.1. The number of fused-ring (bicyclic) bond motifs is 1. The molecule has 2 aromatic carbocycles. The van der Waals surface area contributed by atoms with Crippen LogP contribution >= 0.6 is 23.7 Å². The van der Waals surface area contributed by atoms with Gasteiger partial charge in [-0.25, -0.2) is 22.5 Å². The predicted octanol–water partition coefficient (Wildman–Crippen LogP) is 4.64. The summed E-state index contributed by atoms with van der Waals surface area (Å²) >= 11 is 0.936. The molecule has 3 aromatic rings. The highest BCUT2D eigenvalue weighted by molar-refractivity contribution is 7.22. The molecular weight excluding hydrogens is 470 g/mol. The molecule has 0 unspecified atom stereocenters. The number of morpholine rings is 1. The molecule has 172 valence electrons. The maximum Gasteiger partial charge on any atom is 0.263 e. The van der Waals surface area contributed by atoms with E-state index in [1.165, 1.54) is 4.90 Å².